The average Bonchev–Trinajstić information content (AvgIpc) is 2.85. The maximum absolute atomic E-state index is 10.4. The second-order valence-electron chi connectivity index (χ2n) is 5.15. The first kappa shape index (κ1) is 12.6. The Morgan fingerprint density at radius 1 is 1.37 bits per heavy atom. The molecule has 0 bridgehead atoms. The van der Waals surface area contributed by atoms with Crippen LogP contribution in [0.25, 0.3) is 0 Å². The number of fused-ring (bicyclic) bond motifs is 1. The van der Waals surface area contributed by atoms with Crippen LogP contribution in [0.1, 0.15) is 24.5 Å². The van der Waals surface area contributed by atoms with Gasteiger partial charge in [-0.1, -0.05) is 0 Å². The summed E-state index contributed by atoms with van der Waals surface area (Å²) in [6, 6.07) is 3.64. The summed E-state index contributed by atoms with van der Waals surface area (Å²) in [7, 11) is 3.18. The molecule has 1 spiro atoms. The van der Waals surface area contributed by atoms with Gasteiger partial charge in [-0.2, -0.15) is 0 Å². The van der Waals surface area contributed by atoms with Crippen molar-refractivity contribution in [1.29, 1.82) is 0 Å². The van der Waals surface area contributed by atoms with Crippen molar-refractivity contribution in [2.75, 3.05) is 27.3 Å². The van der Waals surface area contributed by atoms with Crippen molar-refractivity contribution < 1.29 is 19.3 Å². The number of nitrogens with one attached hydrogen (secondary N) is 1. The van der Waals surface area contributed by atoms with Gasteiger partial charge in [-0.25, -0.2) is 0 Å². The molecule has 0 radical (unpaired) electrons. The molecule has 0 amide bonds. The highest BCUT2D eigenvalue weighted by Crippen LogP contribution is 2.50. The molecule has 2 unspecified atom stereocenters. The molecule has 3 rings (SSSR count). The number of aliphatic hydroxyl groups is 1. The smallest absolute Gasteiger partial charge is 0.203 e. The van der Waals surface area contributed by atoms with Crippen LogP contribution in [0.3, 0.4) is 0 Å². The Morgan fingerprint density at radius 3 is 2.84 bits per heavy atom. The Kier molecular flexibility index (Phi) is 3.03. The van der Waals surface area contributed by atoms with E-state index in [1.807, 2.05) is 6.07 Å². The highest BCUT2D eigenvalue weighted by atomic mass is 16.5. The van der Waals surface area contributed by atoms with Crippen molar-refractivity contribution >= 4 is 0 Å². The van der Waals surface area contributed by atoms with Crippen LogP contribution in [-0.4, -0.2) is 38.0 Å². The summed E-state index contributed by atoms with van der Waals surface area (Å²) in [6.45, 7) is 1.66. The SMILES string of the molecule is COc1ccc2c(c1OC)OC1(CCNC1)CC2O. The summed E-state index contributed by atoms with van der Waals surface area (Å²) in [4.78, 5) is 0. The third kappa shape index (κ3) is 1.93. The second kappa shape index (κ2) is 4.58. The number of benzene rings is 1. The Hall–Kier alpha value is -1.46. The van der Waals surface area contributed by atoms with Crippen LogP contribution in [0, 0.1) is 0 Å². The molecule has 2 N–H and O–H groups in total. The Balaban J connectivity index is 2.07. The minimum absolute atomic E-state index is 0.327. The fraction of sp³-hybridized carbons (Fsp3) is 0.571. The van der Waals surface area contributed by atoms with Gasteiger partial charge in [0.05, 0.1) is 20.3 Å². The first-order valence-electron chi connectivity index (χ1n) is 6.52. The maximum Gasteiger partial charge on any atom is 0.203 e. The zero-order chi connectivity index (χ0) is 13.5. The van der Waals surface area contributed by atoms with Gasteiger partial charge in [0.25, 0.3) is 0 Å². The lowest BCUT2D eigenvalue weighted by Crippen LogP contribution is -2.43. The average molecular weight is 265 g/mol. The van der Waals surface area contributed by atoms with Gasteiger partial charge >= 0.3 is 0 Å². The van der Waals surface area contributed by atoms with Crippen molar-refractivity contribution in [3.05, 3.63) is 17.7 Å². The van der Waals surface area contributed by atoms with Crippen molar-refractivity contribution in [2.45, 2.75) is 24.5 Å². The van der Waals surface area contributed by atoms with E-state index in [2.05, 4.69) is 5.32 Å². The van der Waals surface area contributed by atoms with Crippen molar-refractivity contribution in [3.8, 4) is 17.2 Å². The number of rotatable bonds is 2. The van der Waals surface area contributed by atoms with E-state index in [1.54, 1.807) is 20.3 Å². The molecule has 2 aliphatic heterocycles. The van der Waals surface area contributed by atoms with Gasteiger partial charge in [0.1, 0.15) is 5.60 Å². The summed E-state index contributed by atoms with van der Waals surface area (Å²) in [6.07, 6.45) is 0.982. The topological polar surface area (TPSA) is 60.0 Å². The van der Waals surface area contributed by atoms with E-state index in [4.69, 9.17) is 14.2 Å². The van der Waals surface area contributed by atoms with E-state index in [-0.39, 0.29) is 5.60 Å². The summed E-state index contributed by atoms with van der Waals surface area (Å²) < 4.78 is 16.9. The Morgan fingerprint density at radius 2 is 2.21 bits per heavy atom. The van der Waals surface area contributed by atoms with Crippen molar-refractivity contribution in [2.24, 2.45) is 0 Å². The van der Waals surface area contributed by atoms with Crippen LogP contribution < -0.4 is 19.5 Å². The summed E-state index contributed by atoms with van der Waals surface area (Å²) in [5, 5.41) is 13.7. The van der Waals surface area contributed by atoms with Crippen LogP contribution >= 0.6 is 0 Å². The van der Waals surface area contributed by atoms with Gasteiger partial charge in [-0.15, -0.1) is 0 Å². The molecule has 1 aromatic carbocycles. The third-order valence-electron chi connectivity index (χ3n) is 3.98. The largest absolute Gasteiger partial charge is 0.493 e. The van der Waals surface area contributed by atoms with Gasteiger partial charge in [-0.05, 0) is 18.7 Å². The Bertz CT molecular complexity index is 483. The molecule has 0 aliphatic carbocycles. The van der Waals surface area contributed by atoms with Crippen molar-refractivity contribution in [3.63, 3.8) is 0 Å². The monoisotopic (exact) mass is 265 g/mol. The maximum atomic E-state index is 10.4. The summed E-state index contributed by atoms with van der Waals surface area (Å²) in [5.41, 5.74) is 0.446. The van der Waals surface area contributed by atoms with Gasteiger partial charge in [0.2, 0.25) is 5.75 Å². The lowest BCUT2D eigenvalue weighted by atomic mass is 9.88. The van der Waals surface area contributed by atoms with E-state index in [9.17, 15) is 5.11 Å². The first-order chi connectivity index (χ1) is 9.19. The van der Waals surface area contributed by atoms with Gasteiger partial charge in [0.15, 0.2) is 11.5 Å². The number of aliphatic hydroxyl groups excluding tert-OH is 1. The number of hydrogen-bond donors (Lipinski definition) is 2. The fourth-order valence-corrected chi connectivity index (χ4v) is 2.98. The van der Waals surface area contributed by atoms with Crippen LogP contribution in [0.5, 0.6) is 17.2 Å². The van der Waals surface area contributed by atoms with E-state index in [0.717, 1.165) is 25.1 Å². The normalized spacial score (nSPS) is 28.9. The molecule has 2 aliphatic rings. The van der Waals surface area contributed by atoms with E-state index in [1.165, 1.54) is 0 Å². The minimum Gasteiger partial charge on any atom is -0.493 e. The first-order valence-corrected chi connectivity index (χ1v) is 6.52. The molecule has 104 valence electrons. The van der Waals surface area contributed by atoms with Crippen molar-refractivity contribution in [1.82, 2.24) is 5.32 Å². The van der Waals surface area contributed by atoms with Crippen LogP contribution in [0.4, 0.5) is 0 Å². The predicted octanol–water partition coefficient (Wildman–Crippen LogP) is 1.25. The number of hydrogen-bond acceptors (Lipinski definition) is 5. The molecule has 1 saturated heterocycles. The van der Waals surface area contributed by atoms with E-state index in [0.29, 0.717) is 23.7 Å². The molecule has 2 atom stereocenters. The second-order valence-corrected chi connectivity index (χ2v) is 5.15. The van der Waals surface area contributed by atoms with E-state index >= 15 is 0 Å². The van der Waals surface area contributed by atoms with Crippen LogP contribution in [0.15, 0.2) is 12.1 Å². The molecule has 1 fully saturated rings. The highest BCUT2D eigenvalue weighted by Gasteiger charge is 2.44. The fourth-order valence-electron chi connectivity index (χ4n) is 2.98. The van der Waals surface area contributed by atoms with Gasteiger partial charge in [-0.3, -0.25) is 0 Å². The Labute approximate surface area is 112 Å². The van der Waals surface area contributed by atoms with Crippen LogP contribution in [-0.2, 0) is 0 Å². The molecule has 0 saturated carbocycles. The summed E-state index contributed by atoms with van der Waals surface area (Å²) >= 11 is 0. The standard InChI is InChI=1S/C14H19NO4/c1-17-11-4-3-9-10(16)7-14(5-6-15-8-14)19-12(9)13(11)18-2/h3-4,10,15-16H,5-8H2,1-2H3. The molecule has 0 aromatic heterocycles. The predicted molar refractivity (Wildman–Crippen MR) is 70.0 cm³/mol. The molecule has 5 heteroatoms. The van der Waals surface area contributed by atoms with Gasteiger partial charge in [0, 0.05) is 24.9 Å². The number of ether oxygens (including phenoxy) is 3. The minimum atomic E-state index is -0.525. The molecule has 19 heavy (non-hydrogen) atoms. The zero-order valence-electron chi connectivity index (χ0n) is 11.2. The molecular weight excluding hydrogens is 246 g/mol. The quantitative estimate of drug-likeness (QED) is 0.843. The molecule has 2 heterocycles. The lowest BCUT2D eigenvalue weighted by molar-refractivity contribution is -0.00272. The molecule has 1 aromatic rings. The summed E-state index contributed by atoms with van der Waals surface area (Å²) in [5.74, 6) is 1.80. The molecular formula is C14H19NO4. The highest BCUT2D eigenvalue weighted by molar-refractivity contribution is 5.57. The number of methoxy groups -OCH3 is 2. The zero-order valence-corrected chi connectivity index (χ0v) is 11.2. The third-order valence-corrected chi connectivity index (χ3v) is 3.98. The lowest BCUT2D eigenvalue weighted by Gasteiger charge is -2.38. The van der Waals surface area contributed by atoms with Crippen LogP contribution in [0.2, 0.25) is 0 Å². The van der Waals surface area contributed by atoms with Gasteiger partial charge < -0.3 is 24.6 Å². The molecule has 5 nitrogen and oxygen atoms in total. The van der Waals surface area contributed by atoms with E-state index < -0.39 is 6.10 Å².